The molecule has 100 valence electrons. The molecule has 0 radical (unpaired) electrons. The van der Waals surface area contributed by atoms with Crippen molar-refractivity contribution < 1.29 is 14.3 Å². The van der Waals surface area contributed by atoms with Gasteiger partial charge in [0.2, 0.25) is 5.76 Å². The molecule has 1 aliphatic rings. The molecule has 1 saturated carbocycles. The number of hydrogen-bond acceptors (Lipinski definition) is 3. The number of hydrogen-bond donors (Lipinski definition) is 2. The quantitative estimate of drug-likeness (QED) is 0.844. The molecule has 2 atom stereocenters. The number of nitrogens with one attached hydrogen (secondary N) is 1. The second-order valence-corrected chi connectivity index (χ2v) is 5.35. The predicted molar refractivity (Wildman–Crippen MR) is 68.5 cm³/mol. The van der Waals surface area contributed by atoms with Gasteiger partial charge in [-0.3, -0.25) is 0 Å². The molecule has 1 fully saturated rings. The topological polar surface area (TPSA) is 62.5 Å². The van der Waals surface area contributed by atoms with Gasteiger partial charge in [0.25, 0.3) is 0 Å². The Kier molecular flexibility index (Phi) is 4.42. The molecule has 0 saturated heterocycles. The van der Waals surface area contributed by atoms with Crippen molar-refractivity contribution in [3.8, 4) is 0 Å². The van der Waals surface area contributed by atoms with Crippen LogP contribution in [0.4, 0.5) is 0 Å². The maximum Gasteiger partial charge on any atom is 0.372 e. The van der Waals surface area contributed by atoms with Gasteiger partial charge >= 0.3 is 5.97 Å². The molecule has 0 spiro atoms. The number of carboxylic acid groups (broad SMARTS) is 1. The number of carboxylic acids is 1. The minimum Gasteiger partial charge on any atom is -0.475 e. The average molecular weight is 251 g/mol. The Balaban J connectivity index is 1.78. The first-order valence-corrected chi connectivity index (χ1v) is 6.67. The van der Waals surface area contributed by atoms with Crippen molar-refractivity contribution >= 4 is 5.97 Å². The van der Waals surface area contributed by atoms with E-state index in [1.54, 1.807) is 6.07 Å². The molecular formula is C14H21NO3. The molecule has 0 amide bonds. The van der Waals surface area contributed by atoms with Gasteiger partial charge in [-0.2, -0.15) is 0 Å². The fourth-order valence-corrected chi connectivity index (χ4v) is 2.82. The van der Waals surface area contributed by atoms with E-state index in [1.165, 1.54) is 31.9 Å². The summed E-state index contributed by atoms with van der Waals surface area (Å²) in [6.07, 6.45) is 6.67. The summed E-state index contributed by atoms with van der Waals surface area (Å²) in [5, 5.41) is 12.3. The van der Waals surface area contributed by atoms with Crippen molar-refractivity contribution in [2.45, 2.75) is 39.2 Å². The molecule has 4 nitrogen and oxygen atoms in total. The first kappa shape index (κ1) is 13.1. The maximum atomic E-state index is 10.9. The van der Waals surface area contributed by atoms with Crippen LogP contribution in [0.1, 0.15) is 48.7 Å². The second kappa shape index (κ2) is 6.05. The third-order valence-electron chi connectivity index (χ3n) is 3.73. The van der Waals surface area contributed by atoms with Gasteiger partial charge in [0, 0.05) is 12.1 Å². The SMILES string of the molecule is CC1CCCC(CNCc2ccoc2C(=O)O)C1. The number of rotatable bonds is 5. The first-order chi connectivity index (χ1) is 8.66. The minimum atomic E-state index is -0.997. The van der Waals surface area contributed by atoms with Crippen molar-refractivity contribution in [1.82, 2.24) is 5.32 Å². The Hall–Kier alpha value is -1.29. The summed E-state index contributed by atoms with van der Waals surface area (Å²) in [7, 11) is 0. The monoisotopic (exact) mass is 251 g/mol. The summed E-state index contributed by atoms with van der Waals surface area (Å²) in [5.41, 5.74) is 0.728. The van der Waals surface area contributed by atoms with Crippen LogP contribution in [0, 0.1) is 11.8 Å². The number of aromatic carboxylic acids is 1. The molecule has 1 aliphatic carbocycles. The lowest BCUT2D eigenvalue weighted by molar-refractivity contribution is 0.0660. The highest BCUT2D eigenvalue weighted by Gasteiger charge is 2.19. The summed E-state index contributed by atoms with van der Waals surface area (Å²) in [5.74, 6) is 0.616. The van der Waals surface area contributed by atoms with E-state index in [-0.39, 0.29) is 5.76 Å². The molecule has 2 rings (SSSR count). The Morgan fingerprint density at radius 1 is 1.56 bits per heavy atom. The Labute approximate surface area is 107 Å². The van der Waals surface area contributed by atoms with Crippen molar-refractivity contribution in [2.24, 2.45) is 11.8 Å². The van der Waals surface area contributed by atoms with Gasteiger partial charge in [-0.05, 0) is 37.3 Å². The molecule has 18 heavy (non-hydrogen) atoms. The second-order valence-electron chi connectivity index (χ2n) is 5.35. The van der Waals surface area contributed by atoms with E-state index in [4.69, 9.17) is 9.52 Å². The third-order valence-corrected chi connectivity index (χ3v) is 3.73. The Bertz CT molecular complexity index is 399. The highest BCUT2D eigenvalue weighted by molar-refractivity contribution is 5.86. The lowest BCUT2D eigenvalue weighted by atomic mass is 9.82. The number of furan rings is 1. The molecule has 0 aliphatic heterocycles. The standard InChI is InChI=1S/C14H21NO3/c1-10-3-2-4-11(7-10)8-15-9-12-5-6-18-13(12)14(16)17/h5-6,10-11,15H,2-4,7-9H2,1H3,(H,16,17). The van der Waals surface area contributed by atoms with Crippen LogP contribution in [-0.4, -0.2) is 17.6 Å². The molecule has 2 unspecified atom stereocenters. The van der Waals surface area contributed by atoms with E-state index in [1.807, 2.05) is 0 Å². The normalized spacial score (nSPS) is 24.1. The zero-order valence-corrected chi connectivity index (χ0v) is 10.8. The lowest BCUT2D eigenvalue weighted by Crippen LogP contribution is -2.26. The van der Waals surface area contributed by atoms with Gasteiger partial charge in [-0.1, -0.05) is 19.8 Å². The van der Waals surface area contributed by atoms with E-state index in [9.17, 15) is 4.79 Å². The Morgan fingerprint density at radius 2 is 2.39 bits per heavy atom. The molecule has 1 aromatic heterocycles. The van der Waals surface area contributed by atoms with Gasteiger partial charge in [0.05, 0.1) is 6.26 Å². The van der Waals surface area contributed by atoms with Crippen LogP contribution in [0.5, 0.6) is 0 Å². The zero-order valence-electron chi connectivity index (χ0n) is 10.8. The third kappa shape index (κ3) is 3.35. The van der Waals surface area contributed by atoms with Crippen molar-refractivity contribution in [2.75, 3.05) is 6.54 Å². The van der Waals surface area contributed by atoms with Gasteiger partial charge < -0.3 is 14.8 Å². The van der Waals surface area contributed by atoms with Crippen molar-refractivity contribution in [1.29, 1.82) is 0 Å². The molecular weight excluding hydrogens is 230 g/mol. The zero-order chi connectivity index (χ0) is 13.0. The molecule has 4 heteroatoms. The van der Waals surface area contributed by atoms with E-state index >= 15 is 0 Å². The van der Waals surface area contributed by atoms with Crippen molar-refractivity contribution in [3.63, 3.8) is 0 Å². The van der Waals surface area contributed by atoms with E-state index < -0.39 is 5.97 Å². The van der Waals surface area contributed by atoms with Gasteiger partial charge in [-0.15, -0.1) is 0 Å². The predicted octanol–water partition coefficient (Wildman–Crippen LogP) is 2.89. The average Bonchev–Trinajstić information content (AvgIpc) is 2.77. The highest BCUT2D eigenvalue weighted by atomic mass is 16.4. The van der Waals surface area contributed by atoms with E-state index in [0.29, 0.717) is 6.54 Å². The maximum absolute atomic E-state index is 10.9. The smallest absolute Gasteiger partial charge is 0.372 e. The first-order valence-electron chi connectivity index (χ1n) is 6.67. The minimum absolute atomic E-state index is 0.0551. The van der Waals surface area contributed by atoms with Crippen LogP contribution >= 0.6 is 0 Å². The number of carbonyl (C=O) groups is 1. The molecule has 0 aromatic carbocycles. The lowest BCUT2D eigenvalue weighted by Gasteiger charge is -2.26. The molecule has 2 N–H and O–H groups in total. The Morgan fingerprint density at radius 3 is 3.11 bits per heavy atom. The van der Waals surface area contributed by atoms with Crippen molar-refractivity contribution in [3.05, 3.63) is 23.7 Å². The van der Waals surface area contributed by atoms with Crippen LogP contribution in [0.15, 0.2) is 16.7 Å². The molecule has 1 heterocycles. The highest BCUT2D eigenvalue weighted by Crippen LogP contribution is 2.28. The van der Waals surface area contributed by atoms with Crippen LogP contribution in [-0.2, 0) is 6.54 Å². The summed E-state index contributed by atoms with van der Waals surface area (Å²) < 4.78 is 4.95. The van der Waals surface area contributed by atoms with Gasteiger partial charge in [0.15, 0.2) is 0 Å². The van der Waals surface area contributed by atoms with Crippen LogP contribution in [0.3, 0.4) is 0 Å². The summed E-state index contributed by atoms with van der Waals surface area (Å²) in [6, 6.07) is 1.72. The largest absolute Gasteiger partial charge is 0.475 e. The summed E-state index contributed by atoms with van der Waals surface area (Å²) >= 11 is 0. The van der Waals surface area contributed by atoms with Crippen LogP contribution in [0.2, 0.25) is 0 Å². The van der Waals surface area contributed by atoms with E-state index in [0.717, 1.165) is 23.9 Å². The van der Waals surface area contributed by atoms with Crippen LogP contribution in [0.25, 0.3) is 0 Å². The van der Waals surface area contributed by atoms with Crippen LogP contribution < -0.4 is 5.32 Å². The summed E-state index contributed by atoms with van der Waals surface area (Å²) in [6.45, 7) is 3.85. The molecule has 1 aromatic rings. The summed E-state index contributed by atoms with van der Waals surface area (Å²) in [4.78, 5) is 10.9. The van der Waals surface area contributed by atoms with Gasteiger partial charge in [-0.25, -0.2) is 4.79 Å². The van der Waals surface area contributed by atoms with E-state index in [2.05, 4.69) is 12.2 Å². The fraction of sp³-hybridized carbons (Fsp3) is 0.643. The van der Waals surface area contributed by atoms with Gasteiger partial charge in [0.1, 0.15) is 0 Å². The fourth-order valence-electron chi connectivity index (χ4n) is 2.82. The molecule has 0 bridgehead atoms.